The standard InChI is InChI=1S/C21H27N3O3/c1-26-19-6-4-5-17-15-18(16-27-20(17)19)21(25)24-13-11-23(12-14-24)10-9-22-7-2-3-8-22/h2-8,18H,9-16H2,1H3/t18-/m1/s1. The van der Waals surface area contributed by atoms with Crippen molar-refractivity contribution in [2.24, 2.45) is 5.92 Å². The molecule has 0 unspecified atom stereocenters. The summed E-state index contributed by atoms with van der Waals surface area (Å²) in [7, 11) is 1.64. The molecule has 6 heteroatoms. The smallest absolute Gasteiger partial charge is 0.229 e. The summed E-state index contributed by atoms with van der Waals surface area (Å²) in [4.78, 5) is 17.4. The third-order valence-corrected chi connectivity index (χ3v) is 5.55. The number of para-hydroxylation sites is 1. The number of piperazine rings is 1. The summed E-state index contributed by atoms with van der Waals surface area (Å²) in [6, 6.07) is 9.98. The first-order chi connectivity index (χ1) is 13.2. The Hall–Kier alpha value is -2.47. The number of hydrogen-bond acceptors (Lipinski definition) is 4. The molecule has 144 valence electrons. The summed E-state index contributed by atoms with van der Waals surface area (Å²) in [5.41, 5.74) is 1.06. The van der Waals surface area contributed by atoms with Crippen LogP contribution in [0.25, 0.3) is 0 Å². The Balaban J connectivity index is 1.29. The van der Waals surface area contributed by atoms with E-state index < -0.39 is 0 Å². The normalized spacial score (nSPS) is 20.0. The first kappa shape index (κ1) is 17.9. The van der Waals surface area contributed by atoms with E-state index >= 15 is 0 Å². The van der Waals surface area contributed by atoms with Gasteiger partial charge in [0.05, 0.1) is 13.0 Å². The summed E-state index contributed by atoms with van der Waals surface area (Å²) in [5, 5.41) is 0. The average Bonchev–Trinajstić information content (AvgIpc) is 3.25. The SMILES string of the molecule is COc1cccc2c1OC[C@H](C(=O)N1CCN(CCn3cccc3)CC1)C2. The van der Waals surface area contributed by atoms with Gasteiger partial charge in [0.25, 0.3) is 0 Å². The van der Waals surface area contributed by atoms with Crippen molar-refractivity contribution in [2.45, 2.75) is 13.0 Å². The topological polar surface area (TPSA) is 46.9 Å². The monoisotopic (exact) mass is 369 g/mol. The summed E-state index contributed by atoms with van der Waals surface area (Å²) >= 11 is 0. The maximum Gasteiger partial charge on any atom is 0.229 e. The highest BCUT2D eigenvalue weighted by Gasteiger charge is 2.32. The van der Waals surface area contributed by atoms with Crippen molar-refractivity contribution in [1.29, 1.82) is 0 Å². The molecular formula is C21H27N3O3. The van der Waals surface area contributed by atoms with E-state index in [-0.39, 0.29) is 11.8 Å². The van der Waals surface area contributed by atoms with E-state index in [2.05, 4.69) is 34.0 Å². The maximum atomic E-state index is 13.0. The van der Waals surface area contributed by atoms with Crippen molar-refractivity contribution in [3.05, 3.63) is 48.3 Å². The Morgan fingerprint density at radius 1 is 1.11 bits per heavy atom. The summed E-state index contributed by atoms with van der Waals surface area (Å²) in [6.07, 6.45) is 4.91. The number of nitrogens with zero attached hydrogens (tertiary/aromatic N) is 3. The van der Waals surface area contributed by atoms with Gasteiger partial charge in [-0.1, -0.05) is 12.1 Å². The van der Waals surface area contributed by atoms with Gasteiger partial charge in [0.15, 0.2) is 11.5 Å². The molecule has 2 aromatic rings. The molecule has 1 atom stereocenters. The molecule has 0 spiro atoms. The third-order valence-electron chi connectivity index (χ3n) is 5.55. The van der Waals surface area contributed by atoms with E-state index in [1.807, 2.05) is 23.1 Å². The fourth-order valence-corrected chi connectivity index (χ4v) is 3.94. The number of rotatable bonds is 5. The second kappa shape index (κ2) is 8.05. The molecule has 4 rings (SSSR count). The van der Waals surface area contributed by atoms with Gasteiger partial charge in [0, 0.05) is 51.7 Å². The molecule has 1 aromatic carbocycles. The van der Waals surface area contributed by atoms with Crippen LogP contribution in [-0.2, 0) is 17.8 Å². The van der Waals surface area contributed by atoms with Crippen LogP contribution in [0.4, 0.5) is 0 Å². The van der Waals surface area contributed by atoms with Gasteiger partial charge in [-0.15, -0.1) is 0 Å². The predicted octanol–water partition coefficient (Wildman–Crippen LogP) is 1.89. The maximum absolute atomic E-state index is 13.0. The summed E-state index contributed by atoms with van der Waals surface area (Å²) in [5.74, 6) is 1.65. The van der Waals surface area contributed by atoms with E-state index in [0.717, 1.165) is 62.8 Å². The Morgan fingerprint density at radius 3 is 2.63 bits per heavy atom. The molecule has 2 aliphatic heterocycles. The minimum absolute atomic E-state index is 0.101. The van der Waals surface area contributed by atoms with Gasteiger partial charge in [0.2, 0.25) is 5.91 Å². The lowest BCUT2D eigenvalue weighted by Gasteiger charge is -2.37. The van der Waals surface area contributed by atoms with Crippen LogP contribution >= 0.6 is 0 Å². The number of hydrogen-bond donors (Lipinski definition) is 0. The first-order valence-corrected chi connectivity index (χ1v) is 9.65. The zero-order valence-corrected chi connectivity index (χ0v) is 15.8. The number of carbonyl (C=O) groups is 1. The van der Waals surface area contributed by atoms with Crippen LogP contribution in [0.1, 0.15) is 5.56 Å². The quantitative estimate of drug-likeness (QED) is 0.808. The number of fused-ring (bicyclic) bond motifs is 1. The molecule has 0 N–H and O–H groups in total. The van der Waals surface area contributed by atoms with E-state index in [9.17, 15) is 4.79 Å². The van der Waals surface area contributed by atoms with Crippen LogP contribution in [-0.4, -0.2) is 66.7 Å². The van der Waals surface area contributed by atoms with E-state index in [1.54, 1.807) is 7.11 Å². The first-order valence-electron chi connectivity index (χ1n) is 9.65. The summed E-state index contributed by atoms with van der Waals surface area (Å²) in [6.45, 7) is 5.92. The van der Waals surface area contributed by atoms with Crippen LogP contribution in [0, 0.1) is 5.92 Å². The second-order valence-electron chi connectivity index (χ2n) is 7.25. The molecule has 1 saturated heterocycles. The summed E-state index contributed by atoms with van der Waals surface area (Å²) < 4.78 is 13.4. The van der Waals surface area contributed by atoms with E-state index in [4.69, 9.17) is 9.47 Å². The molecule has 3 heterocycles. The van der Waals surface area contributed by atoms with Gasteiger partial charge in [0.1, 0.15) is 6.61 Å². The molecular weight excluding hydrogens is 342 g/mol. The van der Waals surface area contributed by atoms with Crippen LogP contribution in [0.5, 0.6) is 11.5 Å². The second-order valence-corrected chi connectivity index (χ2v) is 7.25. The Bertz CT molecular complexity index is 767. The Labute approximate surface area is 160 Å². The van der Waals surface area contributed by atoms with Gasteiger partial charge in [-0.2, -0.15) is 0 Å². The van der Waals surface area contributed by atoms with Crippen LogP contribution in [0.3, 0.4) is 0 Å². The molecule has 1 fully saturated rings. The number of amides is 1. The molecule has 0 saturated carbocycles. The minimum Gasteiger partial charge on any atom is -0.493 e. The zero-order valence-electron chi connectivity index (χ0n) is 15.8. The highest BCUT2D eigenvalue weighted by molar-refractivity contribution is 5.80. The number of benzene rings is 1. The molecule has 1 amide bonds. The van der Waals surface area contributed by atoms with Gasteiger partial charge < -0.3 is 18.9 Å². The number of ether oxygens (including phenoxy) is 2. The molecule has 0 radical (unpaired) electrons. The minimum atomic E-state index is -0.101. The van der Waals surface area contributed by atoms with Crippen molar-refractivity contribution in [3.63, 3.8) is 0 Å². The van der Waals surface area contributed by atoms with Gasteiger partial charge in [-0.3, -0.25) is 9.69 Å². The van der Waals surface area contributed by atoms with Crippen molar-refractivity contribution in [2.75, 3.05) is 46.4 Å². The number of methoxy groups -OCH3 is 1. The van der Waals surface area contributed by atoms with Gasteiger partial charge in [-0.25, -0.2) is 0 Å². The lowest BCUT2D eigenvalue weighted by atomic mass is 9.95. The Morgan fingerprint density at radius 2 is 1.89 bits per heavy atom. The van der Waals surface area contributed by atoms with E-state index in [1.165, 1.54) is 0 Å². The Kier molecular flexibility index (Phi) is 5.34. The van der Waals surface area contributed by atoms with Crippen LogP contribution in [0.2, 0.25) is 0 Å². The van der Waals surface area contributed by atoms with Gasteiger partial charge in [-0.05, 0) is 30.2 Å². The highest BCUT2D eigenvalue weighted by Crippen LogP contribution is 2.36. The molecule has 6 nitrogen and oxygen atoms in total. The molecule has 0 bridgehead atoms. The van der Waals surface area contributed by atoms with Crippen molar-refractivity contribution >= 4 is 5.91 Å². The highest BCUT2D eigenvalue weighted by atomic mass is 16.5. The fourth-order valence-electron chi connectivity index (χ4n) is 3.94. The molecule has 0 aliphatic carbocycles. The largest absolute Gasteiger partial charge is 0.493 e. The number of carbonyl (C=O) groups excluding carboxylic acids is 1. The van der Waals surface area contributed by atoms with Gasteiger partial charge >= 0.3 is 0 Å². The lowest BCUT2D eigenvalue weighted by molar-refractivity contribution is -0.138. The van der Waals surface area contributed by atoms with Crippen LogP contribution in [0.15, 0.2) is 42.7 Å². The average molecular weight is 369 g/mol. The third kappa shape index (κ3) is 3.95. The predicted molar refractivity (Wildman–Crippen MR) is 103 cm³/mol. The van der Waals surface area contributed by atoms with Crippen molar-refractivity contribution in [3.8, 4) is 11.5 Å². The molecule has 1 aromatic heterocycles. The van der Waals surface area contributed by atoms with Crippen molar-refractivity contribution in [1.82, 2.24) is 14.4 Å². The fraction of sp³-hybridized carbons (Fsp3) is 0.476. The van der Waals surface area contributed by atoms with E-state index in [0.29, 0.717) is 6.61 Å². The zero-order chi connectivity index (χ0) is 18.6. The molecule has 2 aliphatic rings. The lowest BCUT2D eigenvalue weighted by Crippen LogP contribution is -2.52. The molecule has 27 heavy (non-hydrogen) atoms. The van der Waals surface area contributed by atoms with Crippen molar-refractivity contribution < 1.29 is 14.3 Å². The van der Waals surface area contributed by atoms with Crippen LogP contribution < -0.4 is 9.47 Å². The number of aromatic nitrogens is 1.